The molecule has 1 aromatic carbocycles. The molecule has 86 valence electrons. The van der Waals surface area contributed by atoms with Crippen LogP contribution in [-0.2, 0) is 0 Å². The number of hydrogen-bond donors (Lipinski definition) is 2. The first kappa shape index (κ1) is 11.1. The van der Waals surface area contributed by atoms with E-state index in [1.54, 1.807) is 12.1 Å². The molecule has 1 heterocycles. The molecule has 0 aliphatic carbocycles. The summed E-state index contributed by atoms with van der Waals surface area (Å²) in [6.07, 6.45) is 3.95. The number of aromatic amines is 1. The Balaban J connectivity index is 2.46. The van der Waals surface area contributed by atoms with Crippen LogP contribution in [0, 0.1) is 5.82 Å². The summed E-state index contributed by atoms with van der Waals surface area (Å²) in [6.45, 7) is 2.80. The Kier molecular flexibility index (Phi) is 3.25. The molecule has 0 fully saturated rings. The van der Waals surface area contributed by atoms with Gasteiger partial charge in [-0.25, -0.2) is 4.39 Å². The van der Waals surface area contributed by atoms with Crippen molar-refractivity contribution in [2.45, 2.75) is 25.7 Å². The van der Waals surface area contributed by atoms with Crippen molar-refractivity contribution in [1.29, 1.82) is 0 Å². The van der Waals surface area contributed by atoms with Crippen LogP contribution >= 0.6 is 0 Å². The average Bonchev–Trinajstić information content (AvgIpc) is 2.69. The summed E-state index contributed by atoms with van der Waals surface area (Å²) >= 11 is 0. The number of benzene rings is 1. The number of H-pyrrole nitrogens is 1. The molecule has 3 N–H and O–H groups in total. The molecule has 2 aromatic rings. The number of nitrogens with one attached hydrogen (secondary N) is 1. The van der Waals surface area contributed by atoms with E-state index in [0.29, 0.717) is 12.5 Å². The van der Waals surface area contributed by atoms with E-state index >= 15 is 0 Å². The van der Waals surface area contributed by atoms with Crippen LogP contribution in [0.1, 0.15) is 31.2 Å². The normalized spacial score (nSPS) is 13.2. The van der Waals surface area contributed by atoms with Gasteiger partial charge in [-0.2, -0.15) is 0 Å². The van der Waals surface area contributed by atoms with Gasteiger partial charge in [0, 0.05) is 17.1 Å². The molecule has 2 nitrogen and oxygen atoms in total. The van der Waals surface area contributed by atoms with Gasteiger partial charge in [0.2, 0.25) is 0 Å². The van der Waals surface area contributed by atoms with Gasteiger partial charge in [0.15, 0.2) is 0 Å². The van der Waals surface area contributed by atoms with Crippen LogP contribution in [-0.4, -0.2) is 11.5 Å². The summed E-state index contributed by atoms with van der Waals surface area (Å²) in [6, 6.07) is 4.86. The minimum absolute atomic E-state index is 0.184. The third-order valence-electron chi connectivity index (χ3n) is 3.12. The summed E-state index contributed by atoms with van der Waals surface area (Å²) in [5.41, 5.74) is 7.78. The Morgan fingerprint density at radius 3 is 2.94 bits per heavy atom. The lowest BCUT2D eigenvalue weighted by Gasteiger charge is -2.12. The SMILES string of the molecule is CCC(CCN)c1c[nH]c2ccc(F)cc12. The highest BCUT2D eigenvalue weighted by Crippen LogP contribution is 2.30. The van der Waals surface area contributed by atoms with Gasteiger partial charge < -0.3 is 10.7 Å². The lowest BCUT2D eigenvalue weighted by Crippen LogP contribution is -2.06. The van der Waals surface area contributed by atoms with Crippen LogP contribution < -0.4 is 5.73 Å². The molecular formula is C13H17FN2. The smallest absolute Gasteiger partial charge is 0.123 e. The Morgan fingerprint density at radius 2 is 2.25 bits per heavy atom. The maximum atomic E-state index is 13.2. The van der Waals surface area contributed by atoms with Gasteiger partial charge in [-0.05, 0) is 49.1 Å². The summed E-state index contributed by atoms with van der Waals surface area (Å²) in [5.74, 6) is 0.233. The molecule has 3 heteroatoms. The average molecular weight is 220 g/mol. The first-order valence-electron chi connectivity index (χ1n) is 5.72. The topological polar surface area (TPSA) is 41.8 Å². The second-order valence-corrected chi connectivity index (χ2v) is 4.12. The van der Waals surface area contributed by atoms with E-state index in [2.05, 4.69) is 11.9 Å². The Morgan fingerprint density at radius 1 is 1.44 bits per heavy atom. The van der Waals surface area contributed by atoms with Crippen molar-refractivity contribution in [2.24, 2.45) is 5.73 Å². The van der Waals surface area contributed by atoms with E-state index in [1.165, 1.54) is 11.6 Å². The molecule has 0 saturated carbocycles. The largest absolute Gasteiger partial charge is 0.361 e. The Hall–Kier alpha value is -1.35. The van der Waals surface area contributed by atoms with Gasteiger partial charge in [-0.3, -0.25) is 0 Å². The van der Waals surface area contributed by atoms with E-state index < -0.39 is 0 Å². The van der Waals surface area contributed by atoms with Gasteiger partial charge in [-0.1, -0.05) is 6.92 Å². The third kappa shape index (κ3) is 1.95. The van der Waals surface area contributed by atoms with E-state index in [-0.39, 0.29) is 5.82 Å². The zero-order valence-electron chi connectivity index (χ0n) is 9.46. The van der Waals surface area contributed by atoms with Gasteiger partial charge in [0.05, 0.1) is 0 Å². The van der Waals surface area contributed by atoms with Crippen molar-refractivity contribution >= 4 is 10.9 Å². The van der Waals surface area contributed by atoms with Gasteiger partial charge in [0.25, 0.3) is 0 Å². The third-order valence-corrected chi connectivity index (χ3v) is 3.12. The molecule has 0 radical (unpaired) electrons. The molecule has 0 bridgehead atoms. The fourth-order valence-corrected chi connectivity index (χ4v) is 2.23. The number of aromatic nitrogens is 1. The van der Waals surface area contributed by atoms with Crippen LogP contribution in [0.25, 0.3) is 10.9 Å². The monoisotopic (exact) mass is 220 g/mol. The molecule has 0 aliphatic heterocycles. The molecule has 16 heavy (non-hydrogen) atoms. The lowest BCUT2D eigenvalue weighted by molar-refractivity contribution is 0.616. The molecule has 0 aliphatic rings. The van der Waals surface area contributed by atoms with Crippen LogP contribution in [0.5, 0.6) is 0 Å². The molecule has 1 atom stereocenters. The van der Waals surface area contributed by atoms with Crippen molar-refractivity contribution in [3.05, 3.63) is 35.8 Å². The molecular weight excluding hydrogens is 203 g/mol. The second-order valence-electron chi connectivity index (χ2n) is 4.12. The predicted octanol–water partition coefficient (Wildman–Crippen LogP) is 3.15. The standard InChI is InChI=1S/C13H17FN2/c1-2-9(5-6-15)12-8-16-13-4-3-10(14)7-11(12)13/h3-4,7-9,16H,2,5-6,15H2,1H3. The lowest BCUT2D eigenvalue weighted by atomic mass is 9.93. The van der Waals surface area contributed by atoms with Crippen LogP contribution in [0.2, 0.25) is 0 Å². The minimum Gasteiger partial charge on any atom is -0.361 e. The van der Waals surface area contributed by atoms with Crippen molar-refractivity contribution in [1.82, 2.24) is 4.98 Å². The molecule has 2 rings (SSSR count). The maximum Gasteiger partial charge on any atom is 0.123 e. The Labute approximate surface area is 94.7 Å². The fourth-order valence-electron chi connectivity index (χ4n) is 2.23. The zero-order valence-corrected chi connectivity index (χ0v) is 9.46. The van der Waals surface area contributed by atoms with Crippen molar-refractivity contribution in [2.75, 3.05) is 6.54 Å². The highest BCUT2D eigenvalue weighted by molar-refractivity contribution is 5.83. The van der Waals surface area contributed by atoms with E-state index in [9.17, 15) is 4.39 Å². The van der Waals surface area contributed by atoms with E-state index in [4.69, 9.17) is 5.73 Å². The summed E-state index contributed by atoms with van der Waals surface area (Å²) in [5, 5.41) is 0.986. The highest BCUT2D eigenvalue weighted by atomic mass is 19.1. The molecule has 0 amide bonds. The molecule has 1 unspecified atom stereocenters. The highest BCUT2D eigenvalue weighted by Gasteiger charge is 2.13. The first-order valence-corrected chi connectivity index (χ1v) is 5.72. The van der Waals surface area contributed by atoms with Crippen molar-refractivity contribution in [3.8, 4) is 0 Å². The molecule has 0 saturated heterocycles. The zero-order chi connectivity index (χ0) is 11.5. The summed E-state index contributed by atoms with van der Waals surface area (Å²) < 4.78 is 13.2. The number of hydrogen-bond acceptors (Lipinski definition) is 1. The summed E-state index contributed by atoms with van der Waals surface area (Å²) in [7, 11) is 0. The number of nitrogens with two attached hydrogens (primary N) is 1. The molecule has 1 aromatic heterocycles. The first-order chi connectivity index (χ1) is 7.76. The second kappa shape index (κ2) is 4.66. The van der Waals surface area contributed by atoms with Crippen LogP contribution in [0.15, 0.2) is 24.4 Å². The number of fused-ring (bicyclic) bond motifs is 1. The van der Waals surface area contributed by atoms with Gasteiger partial charge >= 0.3 is 0 Å². The van der Waals surface area contributed by atoms with Crippen molar-refractivity contribution in [3.63, 3.8) is 0 Å². The predicted molar refractivity (Wildman–Crippen MR) is 65.0 cm³/mol. The van der Waals surface area contributed by atoms with E-state index in [0.717, 1.165) is 23.7 Å². The van der Waals surface area contributed by atoms with E-state index in [1.807, 2.05) is 6.20 Å². The minimum atomic E-state index is -0.184. The Bertz CT molecular complexity index is 476. The maximum absolute atomic E-state index is 13.2. The number of halogens is 1. The van der Waals surface area contributed by atoms with Crippen LogP contribution in [0.3, 0.4) is 0 Å². The summed E-state index contributed by atoms with van der Waals surface area (Å²) in [4.78, 5) is 3.18. The van der Waals surface area contributed by atoms with Crippen LogP contribution in [0.4, 0.5) is 4.39 Å². The quantitative estimate of drug-likeness (QED) is 0.816. The van der Waals surface area contributed by atoms with Gasteiger partial charge in [-0.15, -0.1) is 0 Å². The number of rotatable bonds is 4. The fraction of sp³-hybridized carbons (Fsp3) is 0.385. The van der Waals surface area contributed by atoms with Gasteiger partial charge in [0.1, 0.15) is 5.82 Å². The van der Waals surface area contributed by atoms with Crippen molar-refractivity contribution < 1.29 is 4.39 Å². The molecule has 0 spiro atoms.